The van der Waals surface area contributed by atoms with E-state index in [0.717, 1.165) is 18.7 Å². The third-order valence-corrected chi connectivity index (χ3v) is 2.48. The molecule has 0 spiro atoms. The summed E-state index contributed by atoms with van der Waals surface area (Å²) in [4.78, 5) is 0. The van der Waals surface area contributed by atoms with E-state index in [1.54, 1.807) is 0 Å². The molecule has 1 rings (SSSR count). The Bertz CT molecular complexity index is 385. The van der Waals surface area contributed by atoms with Crippen molar-refractivity contribution in [3.63, 3.8) is 0 Å². The van der Waals surface area contributed by atoms with E-state index < -0.39 is 17.6 Å². The van der Waals surface area contributed by atoms with E-state index >= 15 is 0 Å². The lowest BCUT2D eigenvalue weighted by atomic mass is 10.1. The number of hydrogen-bond donors (Lipinski definition) is 1. The minimum atomic E-state index is -4.63. The molecule has 0 aliphatic rings. The minimum absolute atomic E-state index is 0.454. The molecule has 5 heteroatoms. The Hall–Kier alpha value is -1.10. The monoisotopic (exact) mass is 263 g/mol. The Kier molecular flexibility index (Phi) is 5.14. The maximum Gasteiger partial charge on any atom is 0.419 e. The van der Waals surface area contributed by atoms with E-state index in [2.05, 4.69) is 5.32 Å². The Morgan fingerprint density at radius 2 is 1.89 bits per heavy atom. The molecule has 0 amide bonds. The van der Waals surface area contributed by atoms with Crippen molar-refractivity contribution in [3.05, 3.63) is 35.1 Å². The average Bonchev–Trinajstić information content (AvgIpc) is 2.24. The molecular formula is C13H17F4N. The molecule has 0 unspecified atom stereocenters. The quantitative estimate of drug-likeness (QED) is 0.632. The molecular weight excluding hydrogens is 246 g/mol. The van der Waals surface area contributed by atoms with Crippen LogP contribution in [0.3, 0.4) is 0 Å². The zero-order valence-electron chi connectivity index (χ0n) is 10.4. The summed E-state index contributed by atoms with van der Waals surface area (Å²) in [6, 6.07) is 3.15. The average molecular weight is 263 g/mol. The first kappa shape index (κ1) is 15.0. The smallest absolute Gasteiger partial charge is 0.316 e. The van der Waals surface area contributed by atoms with Crippen molar-refractivity contribution in [1.29, 1.82) is 0 Å². The third kappa shape index (κ3) is 4.64. The van der Waals surface area contributed by atoms with Crippen LogP contribution in [0.25, 0.3) is 0 Å². The molecule has 1 nitrogen and oxygen atoms in total. The molecule has 1 aromatic carbocycles. The second kappa shape index (κ2) is 6.18. The molecule has 0 aliphatic heterocycles. The molecule has 0 atom stereocenters. The number of rotatable bonds is 5. The molecule has 0 saturated carbocycles. The normalized spacial score (nSPS) is 12.2. The lowest BCUT2D eigenvalue weighted by Crippen LogP contribution is -2.22. The Labute approximate surface area is 104 Å². The second-order valence-corrected chi connectivity index (χ2v) is 4.66. The highest BCUT2D eigenvalue weighted by Gasteiger charge is 2.34. The van der Waals surface area contributed by atoms with Gasteiger partial charge in [0, 0.05) is 0 Å². The first-order valence-electron chi connectivity index (χ1n) is 5.87. The van der Waals surface area contributed by atoms with Crippen LogP contribution >= 0.6 is 0 Å². The minimum Gasteiger partial charge on any atom is -0.316 e. The van der Waals surface area contributed by atoms with E-state index in [4.69, 9.17) is 0 Å². The van der Waals surface area contributed by atoms with Crippen molar-refractivity contribution in [3.8, 4) is 0 Å². The maximum atomic E-state index is 13.0. The molecule has 0 aliphatic carbocycles. The van der Waals surface area contributed by atoms with Crippen molar-refractivity contribution in [1.82, 2.24) is 5.32 Å². The molecule has 0 fully saturated rings. The fraction of sp³-hybridized carbons (Fsp3) is 0.538. The van der Waals surface area contributed by atoms with Crippen LogP contribution in [-0.4, -0.2) is 13.1 Å². The number of alkyl halides is 3. The van der Waals surface area contributed by atoms with Crippen LogP contribution in [0.4, 0.5) is 17.6 Å². The Morgan fingerprint density at radius 1 is 1.22 bits per heavy atom. The first-order valence-corrected chi connectivity index (χ1v) is 5.87. The van der Waals surface area contributed by atoms with Gasteiger partial charge in [-0.05, 0) is 43.1 Å². The summed E-state index contributed by atoms with van der Waals surface area (Å²) in [6.45, 7) is 5.49. The highest BCUT2D eigenvalue weighted by Crippen LogP contribution is 2.31. The van der Waals surface area contributed by atoms with Crippen molar-refractivity contribution < 1.29 is 17.6 Å². The van der Waals surface area contributed by atoms with Crippen LogP contribution in [0.5, 0.6) is 0 Å². The van der Waals surface area contributed by atoms with Crippen molar-refractivity contribution in [2.45, 2.75) is 26.4 Å². The highest BCUT2D eigenvalue weighted by atomic mass is 19.4. The van der Waals surface area contributed by atoms with Gasteiger partial charge in [-0.1, -0.05) is 19.9 Å². The van der Waals surface area contributed by atoms with Crippen LogP contribution in [0.2, 0.25) is 0 Å². The molecule has 0 bridgehead atoms. The second-order valence-electron chi connectivity index (χ2n) is 4.66. The summed E-state index contributed by atoms with van der Waals surface area (Å²) in [5.41, 5.74) is -0.705. The van der Waals surface area contributed by atoms with Gasteiger partial charge in [-0.15, -0.1) is 0 Å². The van der Waals surface area contributed by atoms with Gasteiger partial charge in [-0.3, -0.25) is 0 Å². The summed E-state index contributed by atoms with van der Waals surface area (Å²) in [5, 5.41) is 3.13. The summed E-state index contributed by atoms with van der Waals surface area (Å²) < 4.78 is 50.4. The lowest BCUT2D eigenvalue weighted by Gasteiger charge is -2.11. The number of halogens is 4. The van der Waals surface area contributed by atoms with Crippen LogP contribution in [0, 0.1) is 11.7 Å². The van der Waals surface area contributed by atoms with Gasteiger partial charge in [0.1, 0.15) is 5.82 Å². The molecule has 102 valence electrons. The van der Waals surface area contributed by atoms with Crippen LogP contribution in [0.15, 0.2) is 18.2 Å². The molecule has 1 N–H and O–H groups in total. The van der Waals surface area contributed by atoms with Crippen molar-refractivity contribution in [2.75, 3.05) is 13.1 Å². The Morgan fingerprint density at radius 3 is 2.44 bits per heavy atom. The first-order chi connectivity index (χ1) is 8.30. The van der Waals surface area contributed by atoms with Crippen LogP contribution in [0.1, 0.15) is 25.0 Å². The van der Waals surface area contributed by atoms with Gasteiger partial charge < -0.3 is 5.32 Å². The van der Waals surface area contributed by atoms with E-state index in [9.17, 15) is 17.6 Å². The molecule has 0 radical (unpaired) electrons. The SMILES string of the molecule is CC(C)CNCCc1ccc(F)c(C(F)(F)F)c1. The number of hydrogen-bond acceptors (Lipinski definition) is 1. The summed E-state index contributed by atoms with van der Waals surface area (Å²) in [6.07, 6.45) is -4.18. The Balaban J connectivity index is 2.63. The molecule has 0 aromatic heterocycles. The van der Waals surface area contributed by atoms with Gasteiger partial charge >= 0.3 is 6.18 Å². The van der Waals surface area contributed by atoms with E-state index in [-0.39, 0.29) is 0 Å². The van der Waals surface area contributed by atoms with E-state index in [0.29, 0.717) is 24.4 Å². The fourth-order valence-corrected chi connectivity index (χ4v) is 1.57. The largest absolute Gasteiger partial charge is 0.419 e. The molecule has 0 saturated heterocycles. The number of benzene rings is 1. The van der Waals surface area contributed by atoms with Gasteiger partial charge in [0.25, 0.3) is 0 Å². The number of nitrogens with one attached hydrogen (secondary N) is 1. The summed E-state index contributed by atoms with van der Waals surface area (Å²) >= 11 is 0. The molecule has 18 heavy (non-hydrogen) atoms. The topological polar surface area (TPSA) is 12.0 Å². The fourth-order valence-electron chi connectivity index (χ4n) is 1.57. The van der Waals surface area contributed by atoms with Gasteiger partial charge in [0.05, 0.1) is 5.56 Å². The summed E-state index contributed by atoms with van der Waals surface area (Å²) in [5.74, 6) is -0.731. The van der Waals surface area contributed by atoms with Gasteiger partial charge in [0.15, 0.2) is 0 Å². The standard InChI is InChI=1S/C13H17F4N/c1-9(2)8-18-6-5-10-3-4-12(14)11(7-10)13(15,16)17/h3-4,7,9,18H,5-6,8H2,1-2H3. The van der Waals surface area contributed by atoms with Crippen molar-refractivity contribution in [2.24, 2.45) is 5.92 Å². The maximum absolute atomic E-state index is 13.0. The third-order valence-electron chi connectivity index (χ3n) is 2.48. The van der Waals surface area contributed by atoms with Crippen LogP contribution in [-0.2, 0) is 12.6 Å². The predicted octanol–water partition coefficient (Wildman–Crippen LogP) is 3.63. The van der Waals surface area contributed by atoms with Crippen LogP contribution < -0.4 is 5.32 Å². The zero-order valence-corrected chi connectivity index (χ0v) is 10.4. The lowest BCUT2D eigenvalue weighted by molar-refractivity contribution is -0.140. The van der Waals surface area contributed by atoms with Gasteiger partial charge in [-0.2, -0.15) is 13.2 Å². The summed E-state index contributed by atoms with van der Waals surface area (Å²) in [7, 11) is 0. The molecule has 0 heterocycles. The predicted molar refractivity (Wildman–Crippen MR) is 62.8 cm³/mol. The van der Waals surface area contributed by atoms with Crippen molar-refractivity contribution >= 4 is 0 Å². The van der Waals surface area contributed by atoms with E-state index in [1.165, 1.54) is 6.07 Å². The molecule has 1 aromatic rings. The van der Waals surface area contributed by atoms with E-state index in [1.807, 2.05) is 13.8 Å². The zero-order chi connectivity index (χ0) is 13.8. The highest BCUT2D eigenvalue weighted by molar-refractivity contribution is 5.27. The van der Waals surface area contributed by atoms with Gasteiger partial charge in [0.2, 0.25) is 0 Å². The van der Waals surface area contributed by atoms with Gasteiger partial charge in [-0.25, -0.2) is 4.39 Å².